The Morgan fingerprint density at radius 1 is 1.78 bits per heavy atom. The van der Waals surface area contributed by atoms with E-state index in [1.807, 2.05) is 0 Å². The minimum Gasteiger partial charge on any atom is -0.393 e. The molecule has 5 nitrogen and oxygen atoms in total. The third-order valence-electron chi connectivity index (χ3n) is 0.531. The second kappa shape index (κ2) is 4.49. The van der Waals surface area contributed by atoms with Gasteiger partial charge in [-0.3, -0.25) is 4.79 Å². The first-order valence-corrected chi connectivity index (χ1v) is 3.42. The third-order valence-corrected chi connectivity index (χ3v) is 1.26. The van der Waals surface area contributed by atoms with Gasteiger partial charge in [0, 0.05) is 7.11 Å². The highest BCUT2D eigenvalue weighted by molar-refractivity contribution is 7.34. The van der Waals surface area contributed by atoms with E-state index in [0.717, 1.165) is 0 Å². The summed E-state index contributed by atoms with van der Waals surface area (Å²) in [5.74, 6) is -0.722. The van der Waals surface area contributed by atoms with Gasteiger partial charge in [-0.1, -0.05) is 0 Å². The van der Waals surface area contributed by atoms with Crippen LogP contribution in [0.3, 0.4) is 0 Å². The molecule has 0 rings (SSSR count). The number of rotatable bonds is 3. The van der Waals surface area contributed by atoms with Crippen LogP contribution in [0.15, 0.2) is 0 Å². The zero-order chi connectivity index (χ0) is 7.28. The SMILES string of the molecule is CO[PH](=O)OC(=O)CN. The maximum atomic E-state index is 10.2. The molecule has 0 aliphatic carbocycles. The molecule has 0 radical (unpaired) electrons. The van der Waals surface area contributed by atoms with Gasteiger partial charge in [-0.25, -0.2) is 4.57 Å². The van der Waals surface area contributed by atoms with Crippen molar-refractivity contribution < 1.29 is 18.4 Å². The van der Waals surface area contributed by atoms with E-state index in [1.165, 1.54) is 7.11 Å². The Kier molecular flexibility index (Phi) is 4.30. The zero-order valence-corrected chi connectivity index (χ0v) is 5.92. The van der Waals surface area contributed by atoms with Crippen molar-refractivity contribution in [3.63, 3.8) is 0 Å². The molecule has 54 valence electrons. The molecule has 1 unspecified atom stereocenters. The summed E-state index contributed by atoms with van der Waals surface area (Å²) in [5.41, 5.74) is 4.82. The zero-order valence-electron chi connectivity index (χ0n) is 4.92. The Labute approximate surface area is 53.1 Å². The average molecular weight is 153 g/mol. The van der Waals surface area contributed by atoms with Gasteiger partial charge in [-0.2, -0.15) is 0 Å². The van der Waals surface area contributed by atoms with Gasteiger partial charge in [0.2, 0.25) is 0 Å². The highest BCUT2D eigenvalue weighted by Gasteiger charge is 2.02. The fraction of sp³-hybridized carbons (Fsp3) is 0.667. The van der Waals surface area contributed by atoms with E-state index in [-0.39, 0.29) is 6.54 Å². The summed E-state index contributed by atoms with van der Waals surface area (Å²) in [7, 11) is -1.43. The van der Waals surface area contributed by atoms with E-state index in [1.54, 1.807) is 0 Å². The summed E-state index contributed by atoms with van der Waals surface area (Å²) in [6.07, 6.45) is 0. The molecule has 0 saturated carbocycles. The van der Waals surface area contributed by atoms with Crippen molar-refractivity contribution in [3.05, 3.63) is 0 Å². The van der Waals surface area contributed by atoms with Gasteiger partial charge in [-0.05, 0) is 0 Å². The van der Waals surface area contributed by atoms with E-state index in [2.05, 4.69) is 9.05 Å². The van der Waals surface area contributed by atoms with Gasteiger partial charge in [0.05, 0.1) is 6.54 Å². The molecule has 0 fully saturated rings. The Hall–Kier alpha value is -0.380. The van der Waals surface area contributed by atoms with Crippen LogP contribution in [0.1, 0.15) is 0 Å². The number of carbonyl (C=O) groups is 1. The van der Waals surface area contributed by atoms with Gasteiger partial charge in [0.15, 0.2) is 0 Å². The topological polar surface area (TPSA) is 78.6 Å². The van der Waals surface area contributed by atoms with Crippen molar-refractivity contribution in [2.75, 3.05) is 13.7 Å². The average Bonchev–Trinajstić information content (AvgIpc) is 1.87. The molecule has 0 aromatic rings. The van der Waals surface area contributed by atoms with Gasteiger partial charge in [-0.15, -0.1) is 0 Å². The Balaban J connectivity index is 3.47. The molecule has 0 saturated heterocycles. The van der Waals surface area contributed by atoms with Crippen LogP contribution >= 0.6 is 8.25 Å². The Morgan fingerprint density at radius 2 is 2.33 bits per heavy atom. The highest BCUT2D eigenvalue weighted by atomic mass is 31.1. The predicted molar refractivity (Wildman–Crippen MR) is 31.2 cm³/mol. The lowest BCUT2D eigenvalue weighted by Crippen LogP contribution is -2.13. The lowest BCUT2D eigenvalue weighted by molar-refractivity contribution is -0.132. The quantitative estimate of drug-likeness (QED) is 0.554. The van der Waals surface area contributed by atoms with E-state index in [4.69, 9.17) is 5.73 Å². The molecule has 0 spiro atoms. The summed E-state index contributed by atoms with van der Waals surface area (Å²) in [5, 5.41) is 0. The standard InChI is InChI=1S/C3H8NO4P/c1-7-9(6)8-3(5)2-4/h9H,2,4H2,1H3. The smallest absolute Gasteiger partial charge is 0.369 e. The number of nitrogens with two attached hydrogens (primary N) is 1. The summed E-state index contributed by atoms with van der Waals surface area (Å²) >= 11 is 0. The summed E-state index contributed by atoms with van der Waals surface area (Å²) < 4.78 is 18.5. The van der Waals surface area contributed by atoms with Crippen molar-refractivity contribution in [2.45, 2.75) is 0 Å². The fourth-order valence-corrected chi connectivity index (χ4v) is 0.529. The molecule has 6 heteroatoms. The lowest BCUT2D eigenvalue weighted by atomic mass is 10.7. The van der Waals surface area contributed by atoms with Crippen LogP contribution in [0.4, 0.5) is 0 Å². The molecule has 1 atom stereocenters. The lowest BCUT2D eigenvalue weighted by Gasteiger charge is -1.97. The highest BCUT2D eigenvalue weighted by Crippen LogP contribution is 2.20. The molecule has 0 amide bonds. The first-order chi connectivity index (χ1) is 4.20. The van der Waals surface area contributed by atoms with E-state index >= 15 is 0 Å². The second-order valence-electron chi connectivity index (χ2n) is 1.13. The Morgan fingerprint density at radius 3 is 2.67 bits per heavy atom. The van der Waals surface area contributed by atoms with Crippen LogP contribution in [-0.2, 0) is 18.4 Å². The van der Waals surface area contributed by atoms with Gasteiger partial charge < -0.3 is 14.8 Å². The Bertz CT molecular complexity index is 111. The fourth-order valence-electron chi connectivity index (χ4n) is 0.176. The normalized spacial score (nSPS) is 12.7. The molecule has 0 heterocycles. The van der Waals surface area contributed by atoms with Crippen molar-refractivity contribution >= 4 is 14.2 Å². The van der Waals surface area contributed by atoms with E-state index < -0.39 is 14.2 Å². The van der Waals surface area contributed by atoms with Crippen LogP contribution in [0.25, 0.3) is 0 Å². The minimum atomic E-state index is -2.62. The predicted octanol–water partition coefficient (Wildman–Crippen LogP) is -0.476. The molecule has 0 aliphatic heterocycles. The second-order valence-corrected chi connectivity index (χ2v) is 2.24. The number of carbonyl (C=O) groups excluding carboxylic acids is 1. The van der Waals surface area contributed by atoms with Crippen molar-refractivity contribution in [3.8, 4) is 0 Å². The van der Waals surface area contributed by atoms with Crippen LogP contribution in [0.5, 0.6) is 0 Å². The first kappa shape index (κ1) is 8.62. The summed E-state index contributed by atoms with van der Waals surface area (Å²) in [4.78, 5) is 10.2. The molecular weight excluding hydrogens is 145 g/mol. The van der Waals surface area contributed by atoms with Gasteiger partial charge in [0.1, 0.15) is 0 Å². The van der Waals surface area contributed by atoms with Crippen molar-refractivity contribution in [1.29, 1.82) is 0 Å². The molecule has 0 aromatic carbocycles. The number of hydrogen-bond acceptors (Lipinski definition) is 5. The summed E-state index contributed by atoms with van der Waals surface area (Å²) in [6, 6.07) is 0. The van der Waals surface area contributed by atoms with Crippen molar-refractivity contribution in [1.82, 2.24) is 0 Å². The van der Waals surface area contributed by atoms with Gasteiger partial charge >= 0.3 is 14.2 Å². The maximum Gasteiger partial charge on any atom is 0.369 e. The number of hydrogen-bond donors (Lipinski definition) is 1. The van der Waals surface area contributed by atoms with Crippen LogP contribution in [-0.4, -0.2) is 19.6 Å². The van der Waals surface area contributed by atoms with Crippen LogP contribution < -0.4 is 5.73 Å². The third kappa shape index (κ3) is 4.14. The largest absolute Gasteiger partial charge is 0.393 e. The van der Waals surface area contributed by atoms with Crippen LogP contribution in [0.2, 0.25) is 0 Å². The summed E-state index contributed by atoms with van der Waals surface area (Å²) in [6.45, 7) is -0.278. The molecule has 2 N–H and O–H groups in total. The van der Waals surface area contributed by atoms with Gasteiger partial charge in [0.25, 0.3) is 0 Å². The molecule has 0 aliphatic rings. The molecule has 0 bridgehead atoms. The monoisotopic (exact) mass is 153 g/mol. The molecular formula is C3H8NO4P. The minimum absolute atomic E-state index is 0.278. The molecule has 0 aromatic heterocycles. The van der Waals surface area contributed by atoms with E-state index in [0.29, 0.717) is 0 Å². The first-order valence-electron chi connectivity index (χ1n) is 2.19. The van der Waals surface area contributed by atoms with Crippen LogP contribution in [0, 0.1) is 0 Å². The van der Waals surface area contributed by atoms with Crippen molar-refractivity contribution in [2.24, 2.45) is 5.73 Å². The molecule has 9 heavy (non-hydrogen) atoms. The van der Waals surface area contributed by atoms with E-state index in [9.17, 15) is 9.36 Å². The maximum absolute atomic E-state index is 10.2.